The first-order valence-electron chi connectivity index (χ1n) is 11.0. The molecule has 0 fully saturated rings. The van der Waals surface area contributed by atoms with Gasteiger partial charge in [-0.05, 0) is 57.0 Å². The maximum atomic E-state index is 13.2. The summed E-state index contributed by atoms with van der Waals surface area (Å²) in [7, 11) is 1.60. The van der Waals surface area contributed by atoms with Crippen LogP contribution in [0.4, 0.5) is 5.69 Å². The summed E-state index contributed by atoms with van der Waals surface area (Å²) >= 11 is 0. The van der Waals surface area contributed by atoms with Crippen LogP contribution >= 0.6 is 0 Å². The minimum atomic E-state index is -0.674. The summed E-state index contributed by atoms with van der Waals surface area (Å²) < 4.78 is 16.1. The lowest BCUT2D eigenvalue weighted by Crippen LogP contribution is -2.26. The second-order valence-corrected chi connectivity index (χ2v) is 8.67. The fourth-order valence-electron chi connectivity index (χ4n) is 3.41. The van der Waals surface area contributed by atoms with Gasteiger partial charge >= 0.3 is 5.97 Å². The van der Waals surface area contributed by atoms with Crippen LogP contribution in [-0.4, -0.2) is 39.8 Å². The van der Waals surface area contributed by atoms with Crippen LogP contribution in [0.3, 0.4) is 0 Å². The number of hydrogen-bond donors (Lipinski definition) is 3. The fourth-order valence-corrected chi connectivity index (χ4v) is 3.41. The predicted molar refractivity (Wildman–Crippen MR) is 126 cm³/mol. The van der Waals surface area contributed by atoms with E-state index >= 15 is 0 Å². The lowest BCUT2D eigenvalue weighted by Gasteiger charge is -2.19. The van der Waals surface area contributed by atoms with Gasteiger partial charge in [-0.15, -0.1) is 10.2 Å². The van der Waals surface area contributed by atoms with Crippen molar-refractivity contribution in [3.63, 3.8) is 0 Å². The Morgan fingerprint density at radius 2 is 1.82 bits per heavy atom. The summed E-state index contributed by atoms with van der Waals surface area (Å²) in [6.07, 6.45) is 0.454. The Morgan fingerprint density at radius 3 is 2.38 bits per heavy atom. The Balaban J connectivity index is 1.89. The van der Waals surface area contributed by atoms with Gasteiger partial charge in [0.05, 0.1) is 25.8 Å². The maximum absolute atomic E-state index is 13.2. The molecule has 0 aliphatic rings. The number of esters is 1. The van der Waals surface area contributed by atoms with Crippen molar-refractivity contribution >= 4 is 17.6 Å². The van der Waals surface area contributed by atoms with Gasteiger partial charge in [0, 0.05) is 18.3 Å². The van der Waals surface area contributed by atoms with Gasteiger partial charge < -0.3 is 29.5 Å². The molecule has 34 heavy (non-hydrogen) atoms. The number of rotatable bonds is 9. The van der Waals surface area contributed by atoms with E-state index in [9.17, 15) is 9.59 Å². The summed E-state index contributed by atoms with van der Waals surface area (Å²) in [5, 5.41) is 13.8. The minimum absolute atomic E-state index is 0.0706. The Kier molecular flexibility index (Phi) is 7.60. The number of anilines is 1. The Hall–Kier alpha value is -3.82. The number of aromatic nitrogens is 3. The number of nitrogens with one attached hydrogen (secondary N) is 3. The van der Waals surface area contributed by atoms with Crippen molar-refractivity contribution in [2.24, 2.45) is 0 Å². The van der Waals surface area contributed by atoms with Crippen LogP contribution in [0.5, 0.6) is 5.75 Å². The highest BCUT2D eigenvalue weighted by Gasteiger charge is 2.28. The molecule has 0 bridgehead atoms. The maximum Gasteiger partial charge on any atom is 0.355 e. The SMILES string of the molecule is CCc1c(C(=O)OC(C)(C)C)[nH]c(CNc2ccc(OC)cc2)c1C(=O)NCc1nnc(C)o1. The van der Waals surface area contributed by atoms with Crippen molar-refractivity contribution in [1.82, 2.24) is 20.5 Å². The Labute approximate surface area is 198 Å². The quantitative estimate of drug-likeness (QED) is 0.404. The van der Waals surface area contributed by atoms with Gasteiger partial charge in [0.1, 0.15) is 17.0 Å². The molecule has 1 aromatic carbocycles. The van der Waals surface area contributed by atoms with E-state index < -0.39 is 11.6 Å². The van der Waals surface area contributed by atoms with Gasteiger partial charge in [0.2, 0.25) is 11.8 Å². The normalized spacial score (nSPS) is 11.2. The average molecular weight is 470 g/mol. The van der Waals surface area contributed by atoms with E-state index in [2.05, 4.69) is 25.8 Å². The first-order chi connectivity index (χ1) is 16.1. The van der Waals surface area contributed by atoms with Gasteiger partial charge in [0.25, 0.3) is 5.91 Å². The number of nitrogens with zero attached hydrogens (tertiary/aromatic N) is 2. The molecular formula is C24H31N5O5. The molecule has 182 valence electrons. The van der Waals surface area contributed by atoms with Crippen LogP contribution in [-0.2, 0) is 24.2 Å². The molecule has 0 unspecified atom stereocenters. The van der Waals surface area contributed by atoms with Crippen molar-refractivity contribution in [1.29, 1.82) is 0 Å². The highest BCUT2D eigenvalue weighted by molar-refractivity contribution is 6.01. The number of H-pyrrole nitrogens is 1. The lowest BCUT2D eigenvalue weighted by molar-refractivity contribution is 0.00622. The summed E-state index contributed by atoms with van der Waals surface area (Å²) in [6, 6.07) is 7.41. The zero-order chi connectivity index (χ0) is 24.9. The fraction of sp³-hybridized carbons (Fsp3) is 0.417. The first-order valence-corrected chi connectivity index (χ1v) is 11.0. The standard InChI is InChI=1S/C24H31N5O5/c1-7-17-20(22(30)26-13-19-29-28-14(2)33-19)18(27-21(17)23(31)34-24(3,4)5)12-25-15-8-10-16(32-6)11-9-15/h8-11,25,27H,7,12-13H2,1-6H3,(H,26,30). The molecule has 2 heterocycles. The summed E-state index contributed by atoms with van der Waals surface area (Å²) in [5.74, 6) is 0.579. The molecule has 0 saturated carbocycles. The van der Waals surface area contributed by atoms with Crippen molar-refractivity contribution in [3.05, 3.63) is 58.6 Å². The van der Waals surface area contributed by atoms with Crippen LogP contribution in [0, 0.1) is 6.92 Å². The second-order valence-electron chi connectivity index (χ2n) is 8.67. The van der Waals surface area contributed by atoms with Crippen molar-refractivity contribution < 1.29 is 23.5 Å². The zero-order valence-corrected chi connectivity index (χ0v) is 20.4. The molecule has 3 rings (SSSR count). The highest BCUT2D eigenvalue weighted by Crippen LogP contribution is 2.25. The van der Waals surface area contributed by atoms with Crippen LogP contribution in [0.2, 0.25) is 0 Å². The van der Waals surface area contributed by atoms with Crippen molar-refractivity contribution in [3.8, 4) is 5.75 Å². The lowest BCUT2D eigenvalue weighted by atomic mass is 10.0. The average Bonchev–Trinajstić information content (AvgIpc) is 3.38. The van der Waals surface area contributed by atoms with E-state index in [-0.39, 0.29) is 24.7 Å². The number of aryl methyl sites for hydroxylation is 1. The third kappa shape index (κ3) is 6.15. The van der Waals surface area contributed by atoms with E-state index in [0.717, 1.165) is 11.4 Å². The van der Waals surface area contributed by atoms with Crippen molar-refractivity contribution in [2.75, 3.05) is 12.4 Å². The second kappa shape index (κ2) is 10.4. The third-order valence-electron chi connectivity index (χ3n) is 4.89. The first kappa shape index (κ1) is 24.8. The van der Waals surface area contributed by atoms with E-state index in [1.807, 2.05) is 31.2 Å². The van der Waals surface area contributed by atoms with Crippen LogP contribution in [0.1, 0.15) is 71.6 Å². The summed E-state index contributed by atoms with van der Waals surface area (Å²) in [4.78, 5) is 29.3. The molecule has 0 saturated heterocycles. The molecule has 10 nitrogen and oxygen atoms in total. The minimum Gasteiger partial charge on any atom is -0.497 e. The van der Waals surface area contributed by atoms with Crippen molar-refractivity contribution in [2.45, 2.75) is 59.7 Å². The molecular weight excluding hydrogens is 438 g/mol. The monoisotopic (exact) mass is 469 g/mol. The molecule has 1 amide bonds. The predicted octanol–water partition coefficient (Wildman–Crippen LogP) is 3.77. The Bertz CT molecular complexity index is 1140. The molecule has 0 radical (unpaired) electrons. The number of aromatic amines is 1. The molecule has 0 aliphatic carbocycles. The number of carbonyl (C=O) groups is 2. The van der Waals surface area contributed by atoms with Crippen LogP contribution in [0.15, 0.2) is 28.7 Å². The topological polar surface area (TPSA) is 131 Å². The van der Waals surface area contributed by atoms with E-state index in [1.54, 1.807) is 34.8 Å². The third-order valence-corrected chi connectivity index (χ3v) is 4.89. The highest BCUT2D eigenvalue weighted by atomic mass is 16.6. The van der Waals surface area contributed by atoms with Crippen LogP contribution < -0.4 is 15.4 Å². The number of hydrogen-bond acceptors (Lipinski definition) is 8. The largest absolute Gasteiger partial charge is 0.497 e. The number of amides is 1. The van der Waals surface area contributed by atoms with E-state index in [0.29, 0.717) is 35.0 Å². The van der Waals surface area contributed by atoms with Gasteiger partial charge in [-0.3, -0.25) is 4.79 Å². The van der Waals surface area contributed by atoms with E-state index in [1.165, 1.54) is 0 Å². The molecule has 3 N–H and O–H groups in total. The molecule has 3 aromatic rings. The summed E-state index contributed by atoms with van der Waals surface area (Å²) in [6.45, 7) is 9.31. The number of methoxy groups -OCH3 is 1. The molecule has 0 aliphatic heterocycles. The van der Waals surface area contributed by atoms with Gasteiger partial charge in [-0.25, -0.2) is 4.79 Å². The molecule has 2 aromatic heterocycles. The molecule has 0 atom stereocenters. The van der Waals surface area contributed by atoms with Gasteiger partial charge in [-0.2, -0.15) is 0 Å². The van der Waals surface area contributed by atoms with Gasteiger partial charge in [-0.1, -0.05) is 6.92 Å². The number of benzene rings is 1. The summed E-state index contributed by atoms with van der Waals surface area (Å²) in [5.41, 5.74) is 1.96. The van der Waals surface area contributed by atoms with Crippen LogP contribution in [0.25, 0.3) is 0 Å². The van der Waals surface area contributed by atoms with Gasteiger partial charge in [0.15, 0.2) is 0 Å². The smallest absolute Gasteiger partial charge is 0.355 e. The molecule has 0 spiro atoms. The zero-order valence-electron chi connectivity index (χ0n) is 20.4. The molecule has 10 heteroatoms. The Morgan fingerprint density at radius 1 is 1.12 bits per heavy atom. The number of ether oxygens (including phenoxy) is 2. The van der Waals surface area contributed by atoms with E-state index in [4.69, 9.17) is 13.9 Å². The number of carbonyl (C=O) groups excluding carboxylic acids is 2.